The molecule has 0 spiro atoms. The molecular formula is C18H19N5O5. The van der Waals surface area contributed by atoms with Crippen LogP contribution in [-0.2, 0) is 4.74 Å². The van der Waals surface area contributed by atoms with E-state index in [1.54, 1.807) is 24.3 Å². The van der Waals surface area contributed by atoms with Crippen LogP contribution in [0.5, 0.6) is 0 Å². The molecule has 1 aliphatic heterocycles. The van der Waals surface area contributed by atoms with Crippen LogP contribution in [-0.4, -0.2) is 52.2 Å². The minimum atomic E-state index is -1.22. The monoisotopic (exact) mass is 385 g/mol. The van der Waals surface area contributed by atoms with Gasteiger partial charge in [-0.2, -0.15) is 0 Å². The summed E-state index contributed by atoms with van der Waals surface area (Å²) in [5.74, 6) is -1.75. The van der Waals surface area contributed by atoms with Gasteiger partial charge in [0, 0.05) is 24.5 Å². The highest BCUT2D eigenvalue weighted by molar-refractivity contribution is 6.03. The van der Waals surface area contributed by atoms with Crippen LogP contribution in [0.4, 0.5) is 16.2 Å². The fourth-order valence-corrected chi connectivity index (χ4v) is 2.57. The van der Waals surface area contributed by atoms with Gasteiger partial charge in [0.05, 0.1) is 18.5 Å². The molecule has 28 heavy (non-hydrogen) atoms. The van der Waals surface area contributed by atoms with Crippen molar-refractivity contribution in [3.05, 3.63) is 48.0 Å². The number of anilines is 2. The maximum atomic E-state index is 12.1. The van der Waals surface area contributed by atoms with E-state index in [9.17, 15) is 14.4 Å². The number of urea groups is 1. The number of hydrogen-bond donors (Lipinski definition) is 4. The lowest BCUT2D eigenvalue weighted by molar-refractivity contribution is 0.0689. The van der Waals surface area contributed by atoms with E-state index in [1.807, 2.05) is 0 Å². The molecule has 0 bridgehead atoms. The van der Waals surface area contributed by atoms with E-state index < -0.39 is 11.9 Å². The molecule has 0 saturated carbocycles. The van der Waals surface area contributed by atoms with Crippen molar-refractivity contribution in [2.24, 2.45) is 0 Å². The van der Waals surface area contributed by atoms with Crippen LogP contribution < -0.4 is 16.0 Å². The van der Waals surface area contributed by atoms with Gasteiger partial charge in [-0.15, -0.1) is 0 Å². The van der Waals surface area contributed by atoms with Crippen molar-refractivity contribution >= 4 is 29.3 Å². The second-order valence-corrected chi connectivity index (χ2v) is 6.09. The van der Waals surface area contributed by atoms with E-state index in [0.717, 1.165) is 31.8 Å². The van der Waals surface area contributed by atoms with Crippen molar-refractivity contribution < 1.29 is 24.2 Å². The number of carboxylic acids is 1. The molecule has 1 atom stereocenters. The predicted octanol–water partition coefficient (Wildman–Crippen LogP) is 1.73. The first-order chi connectivity index (χ1) is 13.5. The highest BCUT2D eigenvalue weighted by atomic mass is 16.5. The average molecular weight is 385 g/mol. The molecule has 2 aromatic rings. The molecule has 1 saturated heterocycles. The van der Waals surface area contributed by atoms with Gasteiger partial charge in [-0.3, -0.25) is 4.79 Å². The minimum absolute atomic E-state index is 0.0132. The molecule has 4 N–H and O–H groups in total. The Morgan fingerprint density at radius 1 is 1.04 bits per heavy atom. The zero-order chi connectivity index (χ0) is 19.9. The van der Waals surface area contributed by atoms with Crippen molar-refractivity contribution in [3.8, 4) is 0 Å². The number of nitrogens with one attached hydrogen (secondary N) is 3. The first-order valence-electron chi connectivity index (χ1n) is 8.64. The van der Waals surface area contributed by atoms with Crippen molar-refractivity contribution in [3.63, 3.8) is 0 Å². The van der Waals surface area contributed by atoms with Crippen molar-refractivity contribution in [2.45, 2.75) is 18.9 Å². The summed E-state index contributed by atoms with van der Waals surface area (Å²) in [5, 5.41) is 16.8. The molecular weight excluding hydrogens is 366 g/mol. The third-order valence-corrected chi connectivity index (χ3v) is 4.02. The van der Waals surface area contributed by atoms with Gasteiger partial charge in [-0.05, 0) is 37.1 Å². The molecule has 0 radical (unpaired) electrons. The molecule has 1 unspecified atom stereocenters. The van der Waals surface area contributed by atoms with Crippen molar-refractivity contribution in [2.75, 3.05) is 23.8 Å². The highest BCUT2D eigenvalue weighted by Gasteiger charge is 2.16. The molecule has 1 fully saturated rings. The molecule has 3 amide bonds. The van der Waals surface area contributed by atoms with Gasteiger partial charge in [-0.25, -0.2) is 19.6 Å². The quantitative estimate of drug-likeness (QED) is 0.593. The lowest BCUT2D eigenvalue weighted by Gasteiger charge is -2.12. The maximum absolute atomic E-state index is 12.1. The SMILES string of the molecule is O=C(NCC1CCCO1)Nc1ccc(NC(=O)c2cnc(C(=O)O)cn2)cc1. The predicted molar refractivity (Wildman–Crippen MR) is 99.4 cm³/mol. The first-order valence-corrected chi connectivity index (χ1v) is 8.64. The average Bonchev–Trinajstić information content (AvgIpc) is 3.21. The summed E-state index contributed by atoms with van der Waals surface area (Å²) in [4.78, 5) is 42.2. The smallest absolute Gasteiger partial charge is 0.356 e. The summed E-state index contributed by atoms with van der Waals surface area (Å²) >= 11 is 0. The van der Waals surface area contributed by atoms with Gasteiger partial charge in [0.2, 0.25) is 0 Å². The van der Waals surface area contributed by atoms with E-state index in [1.165, 1.54) is 0 Å². The highest BCUT2D eigenvalue weighted by Crippen LogP contribution is 2.15. The third kappa shape index (κ3) is 5.24. The van der Waals surface area contributed by atoms with Crippen molar-refractivity contribution in [1.82, 2.24) is 15.3 Å². The van der Waals surface area contributed by atoms with Crippen LogP contribution in [0.15, 0.2) is 36.7 Å². The van der Waals surface area contributed by atoms with E-state index >= 15 is 0 Å². The Bertz CT molecular complexity index is 848. The fraction of sp³-hybridized carbons (Fsp3) is 0.278. The Kier molecular flexibility index (Phi) is 6.12. The zero-order valence-corrected chi connectivity index (χ0v) is 14.8. The minimum Gasteiger partial charge on any atom is -0.476 e. The van der Waals surface area contributed by atoms with Crippen LogP contribution in [0.25, 0.3) is 0 Å². The van der Waals surface area contributed by atoms with E-state index in [2.05, 4.69) is 25.9 Å². The lowest BCUT2D eigenvalue weighted by Crippen LogP contribution is -2.35. The Hall–Kier alpha value is -3.53. The third-order valence-electron chi connectivity index (χ3n) is 4.02. The first kappa shape index (κ1) is 19.2. The topological polar surface area (TPSA) is 143 Å². The normalized spacial score (nSPS) is 15.6. The number of benzene rings is 1. The molecule has 10 nitrogen and oxygen atoms in total. The summed E-state index contributed by atoms with van der Waals surface area (Å²) in [7, 11) is 0. The van der Waals surface area contributed by atoms with E-state index in [4.69, 9.17) is 9.84 Å². The molecule has 1 aromatic heterocycles. The number of hydrogen-bond acceptors (Lipinski definition) is 6. The molecule has 1 aliphatic rings. The Balaban J connectivity index is 1.49. The summed E-state index contributed by atoms with van der Waals surface area (Å²) in [6.07, 6.45) is 4.12. The second kappa shape index (κ2) is 8.91. The lowest BCUT2D eigenvalue weighted by atomic mass is 10.2. The molecule has 146 valence electrons. The fourth-order valence-electron chi connectivity index (χ4n) is 2.57. The van der Waals surface area contributed by atoms with Gasteiger partial charge in [0.15, 0.2) is 5.69 Å². The van der Waals surface area contributed by atoms with Crippen LogP contribution in [0.3, 0.4) is 0 Å². The largest absolute Gasteiger partial charge is 0.476 e. The number of carbonyl (C=O) groups is 3. The number of carbonyl (C=O) groups excluding carboxylic acids is 2. The van der Waals surface area contributed by atoms with Crippen LogP contribution in [0.1, 0.15) is 33.8 Å². The summed E-state index contributed by atoms with van der Waals surface area (Å²) in [6.45, 7) is 1.19. The molecule has 1 aromatic carbocycles. The summed E-state index contributed by atoms with van der Waals surface area (Å²) < 4.78 is 5.44. The number of carboxylic acid groups (broad SMARTS) is 1. The maximum Gasteiger partial charge on any atom is 0.356 e. The van der Waals surface area contributed by atoms with Crippen molar-refractivity contribution in [1.29, 1.82) is 0 Å². The summed E-state index contributed by atoms with van der Waals surface area (Å²) in [6, 6.07) is 6.18. The van der Waals surface area contributed by atoms with Gasteiger partial charge in [0.25, 0.3) is 5.91 Å². The molecule has 3 rings (SSSR count). The number of rotatable bonds is 6. The second-order valence-electron chi connectivity index (χ2n) is 6.09. The number of ether oxygens (including phenoxy) is 1. The standard InChI is InChI=1S/C18H19N5O5/c24-16(14-9-20-15(10-19-14)17(25)26)22-11-3-5-12(6-4-11)23-18(27)21-8-13-2-1-7-28-13/h3-6,9-10,13H,1-2,7-8H2,(H,22,24)(H,25,26)(H2,21,23,27). The van der Waals surface area contributed by atoms with Crippen LogP contribution >= 0.6 is 0 Å². The van der Waals surface area contributed by atoms with Gasteiger partial charge < -0.3 is 25.8 Å². The Morgan fingerprint density at radius 2 is 1.68 bits per heavy atom. The zero-order valence-electron chi connectivity index (χ0n) is 14.8. The molecule has 2 heterocycles. The van der Waals surface area contributed by atoms with E-state index in [0.29, 0.717) is 17.9 Å². The number of amides is 3. The summed E-state index contributed by atoms with van der Waals surface area (Å²) in [5.41, 5.74) is 0.790. The van der Waals surface area contributed by atoms with Crippen LogP contribution in [0.2, 0.25) is 0 Å². The van der Waals surface area contributed by atoms with Gasteiger partial charge in [0.1, 0.15) is 5.69 Å². The number of nitrogens with zero attached hydrogens (tertiary/aromatic N) is 2. The number of aromatic nitrogens is 2. The molecule has 10 heteroatoms. The Labute approximate surface area is 160 Å². The van der Waals surface area contributed by atoms with Gasteiger partial charge in [-0.1, -0.05) is 0 Å². The van der Waals surface area contributed by atoms with Gasteiger partial charge >= 0.3 is 12.0 Å². The molecule has 0 aliphatic carbocycles. The Morgan fingerprint density at radius 3 is 2.25 bits per heavy atom. The van der Waals surface area contributed by atoms with E-state index in [-0.39, 0.29) is 23.5 Å². The van der Waals surface area contributed by atoms with Crippen LogP contribution in [0, 0.1) is 0 Å². The number of aromatic carboxylic acids is 1.